The molecule has 25 heavy (non-hydrogen) atoms. The van der Waals surface area contributed by atoms with Crippen LogP contribution in [0.3, 0.4) is 0 Å². The maximum absolute atomic E-state index is 12.7. The fourth-order valence-electron chi connectivity index (χ4n) is 3.09. The summed E-state index contributed by atoms with van der Waals surface area (Å²) in [5.74, 6) is 0. The van der Waals surface area contributed by atoms with E-state index in [1.807, 2.05) is 0 Å². The molecule has 0 unspecified atom stereocenters. The van der Waals surface area contributed by atoms with Gasteiger partial charge in [0.25, 0.3) is 0 Å². The van der Waals surface area contributed by atoms with Gasteiger partial charge in [0.15, 0.2) is 0 Å². The summed E-state index contributed by atoms with van der Waals surface area (Å²) in [5, 5.41) is 0.559. The second-order valence-electron chi connectivity index (χ2n) is 6.59. The molecule has 2 aromatic heterocycles. The van der Waals surface area contributed by atoms with Gasteiger partial charge in [0.05, 0.1) is 11.9 Å². The minimum atomic E-state index is -4.22. The van der Waals surface area contributed by atoms with Crippen molar-refractivity contribution in [3.8, 4) is 0 Å². The van der Waals surface area contributed by atoms with E-state index in [1.165, 1.54) is 44.7 Å². The minimum absolute atomic E-state index is 0.263. The van der Waals surface area contributed by atoms with Crippen molar-refractivity contribution in [2.24, 2.45) is 0 Å². The van der Waals surface area contributed by atoms with Gasteiger partial charge in [-0.3, -0.25) is 9.66 Å². The quantitative estimate of drug-likeness (QED) is 0.514. The summed E-state index contributed by atoms with van der Waals surface area (Å²) in [6.07, 6.45) is 9.38. The maximum Gasteiger partial charge on any atom is 0.393 e. The molecule has 6 heteroatoms. The van der Waals surface area contributed by atoms with Crippen molar-refractivity contribution in [2.75, 3.05) is 12.0 Å². The van der Waals surface area contributed by atoms with E-state index in [1.54, 1.807) is 23.1 Å². The average molecular weight is 355 g/mol. The van der Waals surface area contributed by atoms with E-state index in [0.717, 1.165) is 24.9 Å². The number of halogens is 3. The Morgan fingerprint density at radius 1 is 1.04 bits per heavy atom. The first-order chi connectivity index (χ1) is 12.0. The lowest BCUT2D eigenvalue weighted by molar-refractivity contribution is -0.127. The summed E-state index contributed by atoms with van der Waals surface area (Å²) in [7, 11) is 0. The number of hydrogen-bond donors (Lipinski definition) is 1. The summed E-state index contributed by atoms with van der Waals surface area (Å²) in [4.78, 5) is 3.96. The van der Waals surface area contributed by atoms with Crippen LogP contribution in [0.2, 0.25) is 0 Å². The van der Waals surface area contributed by atoms with Gasteiger partial charge in [0, 0.05) is 30.5 Å². The van der Waals surface area contributed by atoms with Crippen molar-refractivity contribution in [1.29, 1.82) is 0 Å². The molecule has 0 aliphatic carbocycles. The van der Waals surface area contributed by atoms with Gasteiger partial charge in [-0.1, -0.05) is 51.9 Å². The minimum Gasteiger partial charge on any atom is -0.326 e. The third-order valence-corrected chi connectivity index (χ3v) is 4.39. The third-order valence-electron chi connectivity index (χ3n) is 4.39. The van der Waals surface area contributed by atoms with E-state index in [0.29, 0.717) is 5.39 Å². The van der Waals surface area contributed by atoms with Gasteiger partial charge in [-0.25, -0.2) is 0 Å². The predicted octanol–water partition coefficient (Wildman–Crippen LogP) is 5.83. The maximum atomic E-state index is 12.7. The Morgan fingerprint density at radius 3 is 2.40 bits per heavy atom. The highest BCUT2D eigenvalue weighted by atomic mass is 19.4. The number of aromatic nitrogens is 2. The van der Waals surface area contributed by atoms with Gasteiger partial charge in [0.2, 0.25) is 0 Å². The first-order valence-corrected chi connectivity index (χ1v) is 9.26. The molecule has 2 aromatic rings. The van der Waals surface area contributed by atoms with E-state index in [-0.39, 0.29) is 5.56 Å². The second-order valence-corrected chi connectivity index (χ2v) is 6.59. The number of alkyl halides is 3. The van der Waals surface area contributed by atoms with E-state index in [2.05, 4.69) is 17.3 Å². The zero-order valence-corrected chi connectivity index (χ0v) is 14.9. The summed E-state index contributed by atoms with van der Waals surface area (Å²) < 4.78 is 39.9. The number of rotatable bonds is 11. The molecule has 0 saturated heterocycles. The molecule has 0 amide bonds. The molecule has 0 aliphatic rings. The lowest BCUT2D eigenvalue weighted by atomic mass is 10.1. The number of fused-ring (bicyclic) bond motifs is 1. The first kappa shape index (κ1) is 19.6. The van der Waals surface area contributed by atoms with E-state index >= 15 is 0 Å². The Balaban J connectivity index is 1.81. The molecule has 3 nitrogen and oxygen atoms in total. The van der Waals surface area contributed by atoms with E-state index in [9.17, 15) is 13.2 Å². The van der Waals surface area contributed by atoms with Crippen LogP contribution >= 0.6 is 0 Å². The largest absolute Gasteiger partial charge is 0.393 e. The van der Waals surface area contributed by atoms with E-state index in [4.69, 9.17) is 0 Å². The van der Waals surface area contributed by atoms with E-state index < -0.39 is 12.6 Å². The Labute approximate surface area is 147 Å². The standard InChI is InChI=1S/C19H28F3N3/c1-2-3-4-5-6-7-8-9-11-24-25-15-16(13-19(20,21)22)17-14-23-12-10-18(17)25/h10,12,14-15,24H,2-9,11,13H2,1H3. The summed E-state index contributed by atoms with van der Waals surface area (Å²) >= 11 is 0. The van der Waals surface area contributed by atoms with Crippen LogP contribution < -0.4 is 5.43 Å². The van der Waals surface area contributed by atoms with Crippen LogP contribution in [-0.2, 0) is 6.42 Å². The van der Waals surface area contributed by atoms with Crippen LogP contribution in [0.4, 0.5) is 13.2 Å². The molecule has 1 N–H and O–H groups in total. The smallest absolute Gasteiger partial charge is 0.326 e. The molecular formula is C19H28F3N3. The number of nitrogens with one attached hydrogen (secondary N) is 1. The molecule has 0 fully saturated rings. The number of pyridine rings is 1. The molecule has 0 aromatic carbocycles. The summed E-state index contributed by atoms with van der Waals surface area (Å²) in [6.45, 7) is 2.97. The highest BCUT2D eigenvalue weighted by molar-refractivity contribution is 5.83. The zero-order valence-electron chi connectivity index (χ0n) is 14.9. The molecule has 0 radical (unpaired) electrons. The van der Waals surface area contributed by atoms with Gasteiger partial charge in [-0.05, 0) is 18.1 Å². The summed E-state index contributed by atoms with van der Waals surface area (Å²) in [5.41, 5.74) is 4.23. The average Bonchev–Trinajstić information content (AvgIpc) is 2.90. The van der Waals surface area contributed by atoms with Crippen LogP contribution in [0, 0.1) is 0 Å². The van der Waals surface area contributed by atoms with Crippen LogP contribution in [0.25, 0.3) is 10.9 Å². The number of nitrogens with zero attached hydrogens (tertiary/aromatic N) is 2. The fourth-order valence-corrected chi connectivity index (χ4v) is 3.09. The van der Waals surface area contributed by atoms with Crippen LogP contribution in [0.15, 0.2) is 24.7 Å². The van der Waals surface area contributed by atoms with Gasteiger partial charge >= 0.3 is 6.18 Å². The lowest BCUT2D eigenvalue weighted by Crippen LogP contribution is -2.15. The molecular weight excluding hydrogens is 327 g/mol. The Morgan fingerprint density at radius 2 is 1.72 bits per heavy atom. The van der Waals surface area contributed by atoms with Crippen molar-refractivity contribution in [1.82, 2.24) is 9.66 Å². The van der Waals surface area contributed by atoms with Crippen LogP contribution in [0.1, 0.15) is 63.9 Å². The van der Waals surface area contributed by atoms with Crippen molar-refractivity contribution in [3.63, 3.8) is 0 Å². The summed E-state index contributed by atoms with van der Waals surface area (Å²) in [6, 6.07) is 1.75. The molecule has 0 saturated carbocycles. The van der Waals surface area contributed by atoms with Gasteiger partial charge < -0.3 is 5.43 Å². The number of unbranched alkanes of at least 4 members (excludes halogenated alkanes) is 7. The van der Waals surface area contributed by atoms with Gasteiger partial charge in [-0.15, -0.1) is 0 Å². The normalized spacial score (nSPS) is 12.0. The first-order valence-electron chi connectivity index (χ1n) is 9.26. The monoisotopic (exact) mass is 355 g/mol. The Bertz CT molecular complexity index is 634. The van der Waals surface area contributed by atoms with Crippen LogP contribution in [-0.4, -0.2) is 22.4 Å². The Hall–Kier alpha value is -1.72. The topological polar surface area (TPSA) is 29.9 Å². The highest BCUT2D eigenvalue weighted by Crippen LogP contribution is 2.27. The molecule has 0 atom stereocenters. The molecule has 2 heterocycles. The second kappa shape index (κ2) is 9.68. The number of hydrogen-bond acceptors (Lipinski definition) is 2. The van der Waals surface area contributed by atoms with Crippen LogP contribution in [0.5, 0.6) is 0 Å². The van der Waals surface area contributed by atoms with Gasteiger partial charge in [-0.2, -0.15) is 13.2 Å². The van der Waals surface area contributed by atoms with Gasteiger partial charge in [0.1, 0.15) is 0 Å². The Kier molecular flexibility index (Phi) is 7.59. The van der Waals surface area contributed by atoms with Crippen molar-refractivity contribution >= 4 is 10.9 Å². The third kappa shape index (κ3) is 6.59. The molecule has 0 spiro atoms. The van der Waals surface area contributed by atoms with Crippen molar-refractivity contribution in [3.05, 3.63) is 30.2 Å². The molecule has 0 bridgehead atoms. The molecule has 140 valence electrons. The lowest BCUT2D eigenvalue weighted by Gasteiger charge is -2.09. The molecule has 2 rings (SSSR count). The fraction of sp³-hybridized carbons (Fsp3) is 0.632. The van der Waals surface area contributed by atoms with Crippen molar-refractivity contribution in [2.45, 2.75) is 70.9 Å². The predicted molar refractivity (Wildman–Crippen MR) is 96.3 cm³/mol. The molecule has 0 aliphatic heterocycles. The van der Waals surface area contributed by atoms with Crippen molar-refractivity contribution < 1.29 is 13.2 Å². The highest BCUT2D eigenvalue weighted by Gasteiger charge is 2.29. The SMILES string of the molecule is CCCCCCCCCCNn1cc(CC(F)(F)F)c2cnccc21. The zero-order chi connectivity index (χ0) is 18.1.